The van der Waals surface area contributed by atoms with Crippen LogP contribution in [0.15, 0.2) is 0 Å². The maximum absolute atomic E-state index is 11.1. The van der Waals surface area contributed by atoms with Gasteiger partial charge in [-0.2, -0.15) is 0 Å². The van der Waals surface area contributed by atoms with Crippen molar-refractivity contribution in [1.29, 1.82) is 0 Å². The molecule has 0 saturated carbocycles. The normalized spacial score (nSPS) is 10.0. The summed E-state index contributed by atoms with van der Waals surface area (Å²) >= 11 is 0. The zero-order valence-electron chi connectivity index (χ0n) is 8.86. The van der Waals surface area contributed by atoms with Gasteiger partial charge in [-0.15, -0.1) is 0 Å². The van der Waals surface area contributed by atoms with Crippen molar-refractivity contribution in [1.82, 2.24) is 10.6 Å². The quantitative estimate of drug-likeness (QED) is 0.561. The molecule has 0 aliphatic heterocycles. The number of rotatable bonds is 8. The highest BCUT2D eigenvalue weighted by Crippen LogP contribution is 1.92. The molecule has 0 atom stereocenters. The molecule has 0 aromatic heterocycles. The Labute approximate surface area is 81.3 Å². The molecule has 3 heteroatoms. The summed E-state index contributed by atoms with van der Waals surface area (Å²) in [5.41, 5.74) is 0. The van der Waals surface area contributed by atoms with E-state index >= 15 is 0 Å². The summed E-state index contributed by atoms with van der Waals surface area (Å²) in [6.45, 7) is 3.92. The third-order valence-electron chi connectivity index (χ3n) is 1.93. The molecule has 0 unspecified atom stereocenters. The van der Waals surface area contributed by atoms with Crippen LogP contribution in [0.3, 0.4) is 0 Å². The number of carbonyl (C=O) groups excluding carboxylic acids is 1. The van der Waals surface area contributed by atoms with Crippen LogP contribution in [0, 0.1) is 0 Å². The standard InChI is InChI=1S/C10H22N2O/c1-3-4-5-9-12-10(13)7-6-8-11-2/h11H,3-9H2,1-2H3,(H,12,13). The molecule has 0 saturated heterocycles. The second-order valence-electron chi connectivity index (χ2n) is 3.26. The minimum absolute atomic E-state index is 0.186. The molecule has 0 bridgehead atoms. The lowest BCUT2D eigenvalue weighted by Crippen LogP contribution is -2.25. The third-order valence-corrected chi connectivity index (χ3v) is 1.93. The first kappa shape index (κ1) is 12.4. The van der Waals surface area contributed by atoms with Gasteiger partial charge in [0.1, 0.15) is 0 Å². The predicted octanol–water partition coefficient (Wildman–Crippen LogP) is 1.29. The molecular formula is C10H22N2O. The van der Waals surface area contributed by atoms with E-state index < -0.39 is 0 Å². The van der Waals surface area contributed by atoms with E-state index in [2.05, 4.69) is 17.6 Å². The van der Waals surface area contributed by atoms with Gasteiger partial charge < -0.3 is 10.6 Å². The van der Waals surface area contributed by atoms with E-state index in [9.17, 15) is 4.79 Å². The fraction of sp³-hybridized carbons (Fsp3) is 0.900. The van der Waals surface area contributed by atoms with Crippen molar-refractivity contribution in [3.05, 3.63) is 0 Å². The predicted molar refractivity (Wildman–Crippen MR) is 55.7 cm³/mol. The summed E-state index contributed by atoms with van der Waals surface area (Å²) in [7, 11) is 1.90. The second kappa shape index (κ2) is 9.52. The van der Waals surface area contributed by atoms with Crippen LogP contribution in [0.25, 0.3) is 0 Å². The molecule has 0 fully saturated rings. The van der Waals surface area contributed by atoms with E-state index in [-0.39, 0.29) is 5.91 Å². The average Bonchev–Trinajstić information content (AvgIpc) is 2.13. The van der Waals surface area contributed by atoms with E-state index in [1.807, 2.05) is 7.05 Å². The number of unbranched alkanes of at least 4 members (excludes halogenated alkanes) is 2. The van der Waals surface area contributed by atoms with E-state index in [4.69, 9.17) is 0 Å². The van der Waals surface area contributed by atoms with Gasteiger partial charge >= 0.3 is 0 Å². The smallest absolute Gasteiger partial charge is 0.220 e. The molecule has 2 N–H and O–H groups in total. The van der Waals surface area contributed by atoms with Crippen molar-refractivity contribution < 1.29 is 4.79 Å². The zero-order valence-corrected chi connectivity index (χ0v) is 8.86. The van der Waals surface area contributed by atoms with Crippen LogP contribution in [-0.4, -0.2) is 26.0 Å². The lowest BCUT2D eigenvalue weighted by atomic mass is 10.2. The largest absolute Gasteiger partial charge is 0.356 e. The molecule has 0 aromatic carbocycles. The monoisotopic (exact) mass is 186 g/mol. The van der Waals surface area contributed by atoms with Gasteiger partial charge in [-0.25, -0.2) is 0 Å². The summed E-state index contributed by atoms with van der Waals surface area (Å²) in [6, 6.07) is 0. The molecular weight excluding hydrogens is 164 g/mol. The Morgan fingerprint density at radius 1 is 1.15 bits per heavy atom. The minimum Gasteiger partial charge on any atom is -0.356 e. The summed E-state index contributed by atoms with van der Waals surface area (Å²) in [5.74, 6) is 0.186. The van der Waals surface area contributed by atoms with Gasteiger partial charge in [0.05, 0.1) is 0 Å². The molecule has 0 aliphatic carbocycles. The minimum atomic E-state index is 0.186. The van der Waals surface area contributed by atoms with Crippen molar-refractivity contribution in [2.75, 3.05) is 20.1 Å². The van der Waals surface area contributed by atoms with Gasteiger partial charge in [-0.3, -0.25) is 4.79 Å². The first-order valence-corrected chi connectivity index (χ1v) is 5.22. The highest BCUT2D eigenvalue weighted by atomic mass is 16.1. The lowest BCUT2D eigenvalue weighted by Gasteiger charge is -2.03. The Morgan fingerprint density at radius 3 is 2.54 bits per heavy atom. The molecule has 0 spiro atoms. The van der Waals surface area contributed by atoms with Crippen LogP contribution in [0.4, 0.5) is 0 Å². The molecule has 0 rings (SSSR count). The third kappa shape index (κ3) is 9.34. The van der Waals surface area contributed by atoms with Crippen molar-refractivity contribution in [3.63, 3.8) is 0 Å². The van der Waals surface area contributed by atoms with Gasteiger partial charge in [0.2, 0.25) is 5.91 Å². The topological polar surface area (TPSA) is 41.1 Å². The summed E-state index contributed by atoms with van der Waals surface area (Å²) in [4.78, 5) is 11.1. The summed E-state index contributed by atoms with van der Waals surface area (Å²) in [6.07, 6.45) is 5.09. The summed E-state index contributed by atoms with van der Waals surface area (Å²) in [5, 5.41) is 5.93. The molecule has 0 aliphatic rings. The summed E-state index contributed by atoms with van der Waals surface area (Å²) < 4.78 is 0. The van der Waals surface area contributed by atoms with Crippen LogP contribution in [-0.2, 0) is 4.79 Å². The van der Waals surface area contributed by atoms with Crippen molar-refractivity contribution in [2.24, 2.45) is 0 Å². The number of hydrogen-bond acceptors (Lipinski definition) is 2. The Balaban J connectivity index is 3.11. The lowest BCUT2D eigenvalue weighted by molar-refractivity contribution is -0.121. The Morgan fingerprint density at radius 2 is 1.92 bits per heavy atom. The highest BCUT2D eigenvalue weighted by Gasteiger charge is 1.98. The molecule has 13 heavy (non-hydrogen) atoms. The fourth-order valence-corrected chi connectivity index (χ4v) is 1.12. The Kier molecular flexibility index (Phi) is 9.10. The van der Waals surface area contributed by atoms with E-state index in [0.29, 0.717) is 6.42 Å². The molecule has 0 heterocycles. The van der Waals surface area contributed by atoms with Crippen LogP contribution in [0.1, 0.15) is 39.0 Å². The van der Waals surface area contributed by atoms with E-state index in [1.165, 1.54) is 12.8 Å². The van der Waals surface area contributed by atoms with Crippen LogP contribution >= 0.6 is 0 Å². The molecule has 0 aromatic rings. The number of carbonyl (C=O) groups is 1. The number of nitrogens with one attached hydrogen (secondary N) is 2. The average molecular weight is 186 g/mol. The second-order valence-corrected chi connectivity index (χ2v) is 3.26. The molecule has 3 nitrogen and oxygen atoms in total. The molecule has 0 radical (unpaired) electrons. The SMILES string of the molecule is CCCCCNC(=O)CCCNC. The van der Waals surface area contributed by atoms with Gasteiger partial charge in [0.15, 0.2) is 0 Å². The van der Waals surface area contributed by atoms with Crippen molar-refractivity contribution in [2.45, 2.75) is 39.0 Å². The first-order valence-electron chi connectivity index (χ1n) is 5.22. The maximum Gasteiger partial charge on any atom is 0.220 e. The van der Waals surface area contributed by atoms with Gasteiger partial charge in [0.25, 0.3) is 0 Å². The highest BCUT2D eigenvalue weighted by molar-refractivity contribution is 5.75. The van der Waals surface area contributed by atoms with Crippen molar-refractivity contribution in [3.8, 4) is 0 Å². The molecule has 78 valence electrons. The van der Waals surface area contributed by atoms with E-state index in [1.54, 1.807) is 0 Å². The van der Waals surface area contributed by atoms with Gasteiger partial charge in [-0.05, 0) is 26.4 Å². The number of amides is 1. The Hall–Kier alpha value is -0.570. The van der Waals surface area contributed by atoms with E-state index in [0.717, 1.165) is 25.9 Å². The fourth-order valence-electron chi connectivity index (χ4n) is 1.12. The van der Waals surface area contributed by atoms with Crippen LogP contribution in [0.5, 0.6) is 0 Å². The van der Waals surface area contributed by atoms with Crippen LogP contribution < -0.4 is 10.6 Å². The maximum atomic E-state index is 11.1. The number of hydrogen-bond donors (Lipinski definition) is 2. The first-order chi connectivity index (χ1) is 6.31. The Bertz CT molecular complexity index is 126. The van der Waals surface area contributed by atoms with Gasteiger partial charge in [0, 0.05) is 13.0 Å². The van der Waals surface area contributed by atoms with Gasteiger partial charge in [-0.1, -0.05) is 19.8 Å². The molecule has 1 amide bonds. The van der Waals surface area contributed by atoms with Crippen molar-refractivity contribution >= 4 is 5.91 Å². The van der Waals surface area contributed by atoms with Crippen LogP contribution in [0.2, 0.25) is 0 Å². The zero-order chi connectivity index (χ0) is 9.94.